The zero-order valence-electron chi connectivity index (χ0n) is 14.3. The molecule has 2 N–H and O–H groups in total. The third kappa shape index (κ3) is 4.31. The van der Waals surface area contributed by atoms with Gasteiger partial charge in [0.15, 0.2) is 0 Å². The van der Waals surface area contributed by atoms with Gasteiger partial charge in [0.05, 0.1) is 17.6 Å². The number of rotatable bonds is 6. The van der Waals surface area contributed by atoms with Gasteiger partial charge in [-0.25, -0.2) is 12.7 Å². The van der Waals surface area contributed by atoms with Gasteiger partial charge in [-0.2, -0.15) is 13.2 Å². The molecule has 7 nitrogen and oxygen atoms in total. The maximum Gasteiger partial charge on any atom is 0.425 e. The molecule has 27 heavy (non-hydrogen) atoms. The summed E-state index contributed by atoms with van der Waals surface area (Å²) in [7, 11) is -1.17. The number of carbonyl (C=O) groups is 1. The second kappa shape index (κ2) is 7.33. The summed E-state index contributed by atoms with van der Waals surface area (Å²) in [6.07, 6.45) is -5.59. The van der Waals surface area contributed by atoms with E-state index in [1.54, 1.807) is 0 Å². The second-order valence-corrected chi connectivity index (χ2v) is 8.03. The summed E-state index contributed by atoms with van der Waals surface area (Å²) in [5.74, 6) is -2.00. The lowest BCUT2D eigenvalue weighted by Crippen LogP contribution is -2.44. The molecule has 2 aromatic rings. The van der Waals surface area contributed by atoms with Crippen molar-refractivity contribution in [2.45, 2.75) is 23.1 Å². The molecule has 1 heterocycles. The van der Waals surface area contributed by atoms with Crippen molar-refractivity contribution in [3.8, 4) is 0 Å². The van der Waals surface area contributed by atoms with Crippen LogP contribution in [0.4, 0.5) is 18.9 Å². The number of nitrogens with zero attached hydrogens (tertiary/aromatic N) is 1. The summed E-state index contributed by atoms with van der Waals surface area (Å²) in [6, 6.07) is 7.08. The Bertz CT molecular complexity index is 910. The Hall–Kier alpha value is -2.37. The fourth-order valence-corrected chi connectivity index (χ4v) is 3.17. The Morgan fingerprint density at radius 1 is 1.22 bits per heavy atom. The van der Waals surface area contributed by atoms with E-state index in [0.29, 0.717) is 0 Å². The van der Waals surface area contributed by atoms with Gasteiger partial charge in [-0.05, 0) is 30.3 Å². The number of amides is 1. The first-order valence-electron chi connectivity index (χ1n) is 7.53. The maximum atomic E-state index is 13.3. The van der Waals surface area contributed by atoms with Gasteiger partial charge in [0.1, 0.15) is 5.76 Å². The molecule has 0 spiro atoms. The summed E-state index contributed by atoms with van der Waals surface area (Å²) in [5.41, 5.74) is -3.56. The summed E-state index contributed by atoms with van der Waals surface area (Å²) in [4.78, 5) is 11.9. The molecule has 1 aromatic heterocycles. The molecule has 0 aliphatic heterocycles. The molecule has 0 saturated carbocycles. The van der Waals surface area contributed by atoms with Gasteiger partial charge in [-0.1, -0.05) is 6.07 Å². The first-order chi connectivity index (χ1) is 12.4. The van der Waals surface area contributed by atoms with Crippen molar-refractivity contribution in [3.05, 3.63) is 48.4 Å². The molecule has 0 unspecified atom stereocenters. The minimum atomic E-state index is -5.17. The maximum absolute atomic E-state index is 13.3. The molecule has 0 radical (unpaired) electrons. The molecule has 0 fully saturated rings. The minimum Gasteiger partial charge on any atom is -0.466 e. The highest BCUT2D eigenvalue weighted by Gasteiger charge is 2.58. The summed E-state index contributed by atoms with van der Waals surface area (Å²) in [5, 5.41) is 12.2. The quantitative estimate of drug-likeness (QED) is 0.767. The largest absolute Gasteiger partial charge is 0.466 e. The van der Waals surface area contributed by atoms with Gasteiger partial charge >= 0.3 is 6.18 Å². The number of hydrogen-bond acceptors (Lipinski definition) is 5. The number of aliphatic hydroxyl groups is 1. The van der Waals surface area contributed by atoms with Crippen LogP contribution >= 0.6 is 0 Å². The minimum absolute atomic E-state index is 0.0353. The van der Waals surface area contributed by atoms with Crippen LogP contribution in [0.3, 0.4) is 0 Å². The van der Waals surface area contributed by atoms with Crippen LogP contribution in [0, 0.1) is 0 Å². The van der Waals surface area contributed by atoms with Crippen molar-refractivity contribution >= 4 is 21.6 Å². The van der Waals surface area contributed by atoms with E-state index >= 15 is 0 Å². The Kier molecular flexibility index (Phi) is 5.68. The summed E-state index contributed by atoms with van der Waals surface area (Å²) >= 11 is 0. The summed E-state index contributed by atoms with van der Waals surface area (Å²) < 4.78 is 69.7. The Balaban J connectivity index is 2.25. The zero-order valence-corrected chi connectivity index (χ0v) is 15.1. The van der Waals surface area contributed by atoms with Crippen LogP contribution < -0.4 is 5.32 Å². The molecule has 1 atom stereocenters. The van der Waals surface area contributed by atoms with Crippen LogP contribution in [0.1, 0.15) is 12.2 Å². The number of alkyl halides is 3. The van der Waals surface area contributed by atoms with Crippen molar-refractivity contribution < 1.29 is 35.9 Å². The molecule has 2 rings (SSSR count). The van der Waals surface area contributed by atoms with E-state index in [0.717, 1.165) is 28.8 Å². The van der Waals surface area contributed by atoms with Crippen molar-refractivity contribution in [1.82, 2.24) is 4.31 Å². The standard InChI is InChI=1S/C16H17F3N2O5S/c1-21(2)27(24,25)12-6-3-5-11(9-12)20-14(22)10-15(23,16(17,18)19)13-7-4-8-26-13/h3-9,23H,10H2,1-2H3,(H,20,22)/t15-/m1/s1. The summed E-state index contributed by atoms with van der Waals surface area (Å²) in [6.45, 7) is 0. The van der Waals surface area contributed by atoms with E-state index in [1.165, 1.54) is 32.3 Å². The first-order valence-corrected chi connectivity index (χ1v) is 8.97. The topological polar surface area (TPSA) is 99.9 Å². The number of furan rings is 1. The number of benzene rings is 1. The lowest BCUT2D eigenvalue weighted by atomic mass is 9.95. The van der Waals surface area contributed by atoms with E-state index in [1.807, 2.05) is 0 Å². The fourth-order valence-electron chi connectivity index (χ4n) is 2.22. The highest BCUT2D eigenvalue weighted by molar-refractivity contribution is 7.89. The van der Waals surface area contributed by atoms with Crippen LogP contribution in [-0.4, -0.2) is 44.0 Å². The van der Waals surface area contributed by atoms with Crippen LogP contribution in [-0.2, 0) is 20.4 Å². The molecule has 0 aliphatic rings. The number of sulfonamides is 1. The van der Waals surface area contributed by atoms with Crippen molar-refractivity contribution in [1.29, 1.82) is 0 Å². The van der Waals surface area contributed by atoms with E-state index in [9.17, 15) is 31.5 Å². The third-order valence-corrected chi connectivity index (χ3v) is 5.52. The van der Waals surface area contributed by atoms with Gasteiger partial charge in [-0.3, -0.25) is 4.79 Å². The molecule has 0 aliphatic carbocycles. The fraction of sp³-hybridized carbons (Fsp3) is 0.312. The van der Waals surface area contributed by atoms with Gasteiger partial charge in [0.2, 0.25) is 21.5 Å². The number of nitrogens with one attached hydrogen (secondary N) is 1. The Morgan fingerprint density at radius 3 is 2.41 bits per heavy atom. The SMILES string of the molecule is CN(C)S(=O)(=O)c1cccc(NC(=O)C[C@@](O)(c2ccco2)C(F)(F)F)c1. The smallest absolute Gasteiger partial charge is 0.425 e. The number of anilines is 1. The van der Waals surface area contributed by atoms with Gasteiger partial charge in [0.25, 0.3) is 0 Å². The molecule has 1 aromatic carbocycles. The number of carbonyl (C=O) groups excluding carboxylic acids is 1. The molecular formula is C16H17F3N2O5S. The van der Waals surface area contributed by atoms with Crippen molar-refractivity contribution in [2.24, 2.45) is 0 Å². The average Bonchev–Trinajstić information content (AvgIpc) is 3.08. The number of halogens is 3. The average molecular weight is 406 g/mol. The van der Waals surface area contributed by atoms with Crippen LogP contribution in [0.15, 0.2) is 52.0 Å². The predicted molar refractivity (Wildman–Crippen MR) is 89.2 cm³/mol. The van der Waals surface area contributed by atoms with E-state index in [4.69, 9.17) is 0 Å². The molecule has 1 amide bonds. The van der Waals surface area contributed by atoms with Crippen molar-refractivity contribution in [2.75, 3.05) is 19.4 Å². The molecule has 148 valence electrons. The first kappa shape index (κ1) is 20.9. The normalized spacial score (nSPS) is 14.8. The Morgan fingerprint density at radius 2 is 1.89 bits per heavy atom. The highest BCUT2D eigenvalue weighted by atomic mass is 32.2. The van der Waals surface area contributed by atoms with Crippen LogP contribution in [0.5, 0.6) is 0 Å². The second-order valence-electron chi connectivity index (χ2n) is 5.88. The molecule has 0 saturated heterocycles. The van der Waals surface area contributed by atoms with Crippen LogP contribution in [0.25, 0.3) is 0 Å². The molecular weight excluding hydrogens is 389 g/mol. The third-order valence-electron chi connectivity index (χ3n) is 3.71. The molecule has 11 heteroatoms. The Labute approximate surface area is 153 Å². The highest BCUT2D eigenvalue weighted by Crippen LogP contribution is 2.42. The van der Waals surface area contributed by atoms with Crippen LogP contribution in [0.2, 0.25) is 0 Å². The van der Waals surface area contributed by atoms with E-state index in [-0.39, 0.29) is 10.6 Å². The van der Waals surface area contributed by atoms with Gasteiger partial charge < -0.3 is 14.8 Å². The lowest BCUT2D eigenvalue weighted by molar-refractivity contribution is -0.272. The van der Waals surface area contributed by atoms with E-state index < -0.39 is 39.9 Å². The molecule has 0 bridgehead atoms. The number of hydrogen-bond donors (Lipinski definition) is 2. The zero-order chi connectivity index (χ0) is 20.5. The lowest BCUT2D eigenvalue weighted by Gasteiger charge is -2.27. The van der Waals surface area contributed by atoms with Gasteiger partial charge in [0, 0.05) is 19.8 Å². The van der Waals surface area contributed by atoms with E-state index in [2.05, 4.69) is 9.73 Å². The predicted octanol–water partition coefficient (Wildman–Crippen LogP) is 2.31. The van der Waals surface area contributed by atoms with Gasteiger partial charge in [-0.15, -0.1) is 0 Å². The van der Waals surface area contributed by atoms with Crippen molar-refractivity contribution in [3.63, 3.8) is 0 Å². The monoisotopic (exact) mass is 406 g/mol.